The summed E-state index contributed by atoms with van der Waals surface area (Å²) in [6.45, 7) is 12.0. The van der Waals surface area contributed by atoms with Crippen LogP contribution in [0.2, 0.25) is 0 Å². The van der Waals surface area contributed by atoms with E-state index in [4.69, 9.17) is 9.47 Å². The topological polar surface area (TPSA) is 79.2 Å². The number of carbonyl (C=O) groups excluding carboxylic acids is 1. The van der Waals surface area contributed by atoms with Gasteiger partial charge in [-0.05, 0) is 77.3 Å². The molecule has 0 aliphatic heterocycles. The number of aliphatic hydroxyl groups excluding tert-OH is 2. The highest BCUT2D eigenvalue weighted by molar-refractivity contribution is 5.69. The van der Waals surface area contributed by atoms with Gasteiger partial charge in [0.2, 0.25) is 0 Å². The van der Waals surface area contributed by atoms with Gasteiger partial charge in [-0.3, -0.25) is 4.79 Å². The second-order valence-electron chi connectivity index (χ2n) is 13.0. The minimum absolute atomic E-state index is 0.0128. The van der Waals surface area contributed by atoms with Crippen LogP contribution in [0.3, 0.4) is 0 Å². The van der Waals surface area contributed by atoms with Gasteiger partial charge in [0.25, 0.3) is 0 Å². The van der Waals surface area contributed by atoms with Crippen LogP contribution in [0.5, 0.6) is 0 Å². The Labute approximate surface area is 268 Å². The maximum Gasteiger partial charge on any atom is 0.306 e. The SMILES string of the molecule is CCCCCCCCC(CCCCCCCC)OC(=O)CCCCCCCN(CCO)CCCCC(CC)COC(C)O. The molecule has 43 heavy (non-hydrogen) atoms. The van der Waals surface area contributed by atoms with Crippen molar-refractivity contribution in [2.45, 2.75) is 194 Å². The predicted octanol–water partition coefficient (Wildman–Crippen LogP) is 9.59. The molecule has 0 saturated carbocycles. The van der Waals surface area contributed by atoms with Gasteiger partial charge in [0.1, 0.15) is 6.10 Å². The van der Waals surface area contributed by atoms with Crippen LogP contribution >= 0.6 is 0 Å². The van der Waals surface area contributed by atoms with Crippen molar-refractivity contribution in [1.82, 2.24) is 4.90 Å². The minimum Gasteiger partial charge on any atom is -0.462 e. The summed E-state index contributed by atoms with van der Waals surface area (Å²) in [5, 5.41) is 18.8. The van der Waals surface area contributed by atoms with Gasteiger partial charge in [-0.15, -0.1) is 0 Å². The van der Waals surface area contributed by atoms with Crippen molar-refractivity contribution in [1.29, 1.82) is 0 Å². The summed E-state index contributed by atoms with van der Waals surface area (Å²) in [5.74, 6) is 0.517. The maximum atomic E-state index is 12.6. The molecule has 0 spiro atoms. The number of hydrogen-bond acceptors (Lipinski definition) is 6. The summed E-state index contributed by atoms with van der Waals surface area (Å²) in [6.07, 6.45) is 27.4. The molecule has 6 heteroatoms. The number of carbonyl (C=O) groups is 1. The summed E-state index contributed by atoms with van der Waals surface area (Å²) in [4.78, 5) is 15.0. The van der Waals surface area contributed by atoms with E-state index in [0.29, 0.717) is 18.9 Å². The van der Waals surface area contributed by atoms with Gasteiger partial charge in [-0.2, -0.15) is 0 Å². The third kappa shape index (κ3) is 29.8. The van der Waals surface area contributed by atoms with Crippen LogP contribution in [0.4, 0.5) is 0 Å². The van der Waals surface area contributed by atoms with E-state index in [2.05, 4.69) is 25.7 Å². The van der Waals surface area contributed by atoms with Crippen molar-refractivity contribution >= 4 is 5.97 Å². The zero-order chi connectivity index (χ0) is 31.8. The standard InChI is InChI=1S/C37H75NO5/c1-5-8-10-12-15-19-26-36(27-20-16-13-11-9-6-2)43-37(41)28-21-17-14-18-23-29-38(31-32-39)30-24-22-25-35(7-3)33-42-34(4)40/h34-36,39-40H,5-33H2,1-4H3. The summed E-state index contributed by atoms with van der Waals surface area (Å²) >= 11 is 0. The first-order chi connectivity index (χ1) is 21.0. The number of unbranched alkanes of at least 4 members (excludes halogenated alkanes) is 15. The molecular weight excluding hydrogens is 538 g/mol. The predicted molar refractivity (Wildman–Crippen MR) is 182 cm³/mol. The maximum absolute atomic E-state index is 12.6. The first-order valence-corrected chi connectivity index (χ1v) is 18.8. The summed E-state index contributed by atoms with van der Waals surface area (Å²) in [5.41, 5.74) is 0. The molecule has 0 saturated heterocycles. The van der Waals surface area contributed by atoms with Crippen molar-refractivity contribution < 1.29 is 24.5 Å². The third-order valence-corrected chi connectivity index (χ3v) is 8.82. The molecule has 0 heterocycles. The first-order valence-electron chi connectivity index (χ1n) is 18.8. The number of hydrogen-bond donors (Lipinski definition) is 2. The van der Waals surface area contributed by atoms with Gasteiger partial charge in [-0.1, -0.05) is 117 Å². The van der Waals surface area contributed by atoms with Crippen LogP contribution in [0.1, 0.15) is 182 Å². The van der Waals surface area contributed by atoms with E-state index in [1.54, 1.807) is 6.92 Å². The highest BCUT2D eigenvalue weighted by atomic mass is 16.6. The largest absolute Gasteiger partial charge is 0.462 e. The van der Waals surface area contributed by atoms with Crippen LogP contribution in [0.15, 0.2) is 0 Å². The average molecular weight is 614 g/mol. The Bertz CT molecular complexity index is 557. The fourth-order valence-electron chi connectivity index (χ4n) is 5.87. The molecule has 0 aromatic heterocycles. The molecule has 0 rings (SSSR count). The number of esters is 1. The van der Waals surface area contributed by atoms with E-state index < -0.39 is 6.29 Å². The summed E-state index contributed by atoms with van der Waals surface area (Å²) in [7, 11) is 0. The third-order valence-electron chi connectivity index (χ3n) is 8.82. The van der Waals surface area contributed by atoms with Crippen molar-refractivity contribution in [3.63, 3.8) is 0 Å². The van der Waals surface area contributed by atoms with Crippen LogP contribution in [-0.4, -0.2) is 66.3 Å². The lowest BCUT2D eigenvalue weighted by atomic mass is 10.00. The number of nitrogens with zero attached hydrogens (tertiary/aromatic N) is 1. The molecule has 258 valence electrons. The van der Waals surface area contributed by atoms with Crippen LogP contribution in [0, 0.1) is 5.92 Å². The van der Waals surface area contributed by atoms with E-state index in [0.717, 1.165) is 83.8 Å². The molecule has 0 aliphatic carbocycles. The molecule has 2 N–H and O–H groups in total. The average Bonchev–Trinajstić information content (AvgIpc) is 2.99. The van der Waals surface area contributed by atoms with Gasteiger partial charge in [0, 0.05) is 13.0 Å². The normalized spacial score (nSPS) is 13.2. The van der Waals surface area contributed by atoms with Crippen LogP contribution < -0.4 is 0 Å². The molecule has 0 aliphatic rings. The molecule has 0 bridgehead atoms. The molecule has 0 fully saturated rings. The molecule has 6 nitrogen and oxygen atoms in total. The molecule has 0 aromatic carbocycles. The first kappa shape index (κ1) is 42.3. The highest BCUT2D eigenvalue weighted by Crippen LogP contribution is 2.19. The van der Waals surface area contributed by atoms with Crippen LogP contribution in [0.25, 0.3) is 0 Å². The zero-order valence-corrected chi connectivity index (χ0v) is 29.3. The Hall–Kier alpha value is -0.690. The van der Waals surface area contributed by atoms with Crippen molar-refractivity contribution in [3.05, 3.63) is 0 Å². The second kappa shape index (κ2) is 32.7. The fourth-order valence-corrected chi connectivity index (χ4v) is 5.87. The van der Waals surface area contributed by atoms with Crippen molar-refractivity contribution in [3.8, 4) is 0 Å². The van der Waals surface area contributed by atoms with Gasteiger partial charge in [0.05, 0.1) is 13.2 Å². The van der Waals surface area contributed by atoms with E-state index >= 15 is 0 Å². The van der Waals surface area contributed by atoms with Gasteiger partial charge in [0.15, 0.2) is 6.29 Å². The zero-order valence-electron chi connectivity index (χ0n) is 29.3. The van der Waals surface area contributed by atoms with Crippen molar-refractivity contribution in [2.24, 2.45) is 5.92 Å². The Kier molecular flexibility index (Phi) is 32.2. The van der Waals surface area contributed by atoms with Crippen molar-refractivity contribution in [2.75, 3.05) is 32.8 Å². The summed E-state index contributed by atoms with van der Waals surface area (Å²) < 4.78 is 11.4. The number of aliphatic hydroxyl groups is 2. The number of ether oxygens (including phenoxy) is 2. The van der Waals surface area contributed by atoms with E-state index in [1.807, 2.05) is 0 Å². The minimum atomic E-state index is -0.685. The smallest absolute Gasteiger partial charge is 0.306 e. The quantitative estimate of drug-likeness (QED) is 0.0427. The molecule has 2 unspecified atom stereocenters. The molecule has 2 atom stereocenters. The Balaban J connectivity index is 4.13. The lowest BCUT2D eigenvalue weighted by molar-refractivity contribution is -0.150. The Morgan fingerprint density at radius 1 is 0.651 bits per heavy atom. The Morgan fingerprint density at radius 2 is 1.14 bits per heavy atom. The second-order valence-corrected chi connectivity index (χ2v) is 13.0. The fraction of sp³-hybridized carbons (Fsp3) is 0.973. The lowest BCUT2D eigenvalue weighted by Crippen LogP contribution is -2.29. The Morgan fingerprint density at radius 3 is 1.67 bits per heavy atom. The van der Waals surface area contributed by atoms with Gasteiger partial charge < -0.3 is 24.6 Å². The van der Waals surface area contributed by atoms with E-state index in [9.17, 15) is 15.0 Å². The monoisotopic (exact) mass is 614 g/mol. The summed E-state index contributed by atoms with van der Waals surface area (Å²) in [6, 6.07) is 0. The van der Waals surface area contributed by atoms with Crippen LogP contribution in [-0.2, 0) is 14.3 Å². The van der Waals surface area contributed by atoms with Gasteiger partial charge in [-0.25, -0.2) is 0 Å². The highest BCUT2D eigenvalue weighted by Gasteiger charge is 2.14. The number of rotatable bonds is 34. The van der Waals surface area contributed by atoms with E-state index in [-0.39, 0.29) is 18.7 Å². The molecule has 0 amide bonds. The molecule has 0 aromatic rings. The van der Waals surface area contributed by atoms with Gasteiger partial charge >= 0.3 is 5.97 Å². The molecule has 0 radical (unpaired) electrons. The lowest BCUT2D eigenvalue weighted by Gasteiger charge is -2.22. The molecular formula is C37H75NO5. The van der Waals surface area contributed by atoms with E-state index in [1.165, 1.54) is 83.5 Å².